The van der Waals surface area contributed by atoms with Gasteiger partial charge in [0.05, 0.1) is 35.1 Å². The third-order valence-corrected chi connectivity index (χ3v) is 11.0. The van der Waals surface area contributed by atoms with Crippen LogP contribution in [0.5, 0.6) is 11.8 Å². The number of amides is 1. The van der Waals surface area contributed by atoms with Crippen LogP contribution in [-0.2, 0) is 9.53 Å². The summed E-state index contributed by atoms with van der Waals surface area (Å²) < 4.78 is 47.7. The quantitative estimate of drug-likeness (QED) is 0.0690. The van der Waals surface area contributed by atoms with E-state index in [1.807, 2.05) is 30.6 Å². The Kier molecular flexibility index (Phi) is 14.9. The SMILES string of the molecule is C#Cc1c(F)ccc2cccc(-c3ncc4c(N5CC6CCC(C5)N6C(=O)OC(C)(C)C)nc(OC)nc4c3F)c12.O=CO.O=[N+]([O-])c1ccc(OCC2CCCCCCN2)cc1. The number of anilines is 1. The highest BCUT2D eigenvalue weighted by Gasteiger charge is 2.45. The standard InChI is InChI=1S/C31H29F2N5O3.C14H20N2O3.CH2O2/c1-6-20-23(32)13-10-17-8-7-9-21(24(17)20)26-25(33)27-22(14-34-26)28(36-29(35-27)40-5)37-15-18-11-12-19(16-37)38(18)30(39)41-31(2,3)4;17-16(18)13-6-8-14(9-7-13)19-11-12-5-3-1-2-4-10-15-12;2-1-3/h1,7-10,13-14,18-19H,11-12,15-16H2,2-5H3;6-9,12,15H,1-5,10-11H2;1H,(H,2,3). The molecule has 5 heterocycles. The summed E-state index contributed by atoms with van der Waals surface area (Å²) in [6.45, 7) is 7.94. The second-order valence-electron chi connectivity index (χ2n) is 16.4. The van der Waals surface area contributed by atoms with Crippen LogP contribution < -0.4 is 19.7 Å². The number of terminal acetylenes is 1. The molecular weight excluding hydrogens is 817 g/mol. The number of carbonyl (C=O) groups excluding carboxylic acids is 1. The molecule has 3 atom stereocenters. The second kappa shape index (κ2) is 20.5. The lowest BCUT2D eigenvalue weighted by molar-refractivity contribution is -0.384. The zero-order chi connectivity index (χ0) is 45.3. The molecule has 15 nitrogen and oxygen atoms in total. The average Bonchev–Trinajstić information content (AvgIpc) is 3.52. The number of rotatable bonds is 7. The van der Waals surface area contributed by atoms with Crippen molar-refractivity contribution in [1.82, 2.24) is 25.2 Å². The minimum absolute atomic E-state index is 0.00116. The minimum atomic E-state index is -0.695. The lowest BCUT2D eigenvalue weighted by Crippen LogP contribution is -2.57. The molecular formula is C46H51F2N7O8. The van der Waals surface area contributed by atoms with Crippen LogP contribution in [0.1, 0.15) is 71.3 Å². The summed E-state index contributed by atoms with van der Waals surface area (Å²) in [5.74, 6) is 2.30. The first-order valence-electron chi connectivity index (χ1n) is 20.8. The number of ether oxygens (including phenoxy) is 3. The van der Waals surface area contributed by atoms with Crippen molar-refractivity contribution >= 4 is 45.7 Å². The summed E-state index contributed by atoms with van der Waals surface area (Å²) in [6, 6.07) is 14.6. The number of carbonyl (C=O) groups is 2. The van der Waals surface area contributed by atoms with E-state index in [4.69, 9.17) is 30.5 Å². The van der Waals surface area contributed by atoms with E-state index in [9.17, 15) is 19.3 Å². The first kappa shape index (κ1) is 45.8. The molecule has 0 aliphatic carbocycles. The van der Waals surface area contributed by atoms with Gasteiger partial charge in [-0.05, 0) is 76.6 Å². The molecule has 8 rings (SSSR count). The maximum Gasteiger partial charge on any atom is 0.410 e. The van der Waals surface area contributed by atoms with E-state index in [0.29, 0.717) is 59.0 Å². The normalized spacial score (nSPS) is 18.4. The van der Waals surface area contributed by atoms with E-state index in [-0.39, 0.29) is 53.1 Å². The van der Waals surface area contributed by atoms with E-state index >= 15 is 4.39 Å². The molecule has 1 amide bonds. The van der Waals surface area contributed by atoms with Crippen molar-refractivity contribution in [3.05, 3.63) is 88.1 Å². The van der Waals surface area contributed by atoms with Crippen molar-refractivity contribution in [3.8, 4) is 35.4 Å². The number of nitrogens with one attached hydrogen (secondary N) is 1. The molecule has 2 N–H and O–H groups in total. The van der Waals surface area contributed by atoms with Gasteiger partial charge in [-0.2, -0.15) is 9.97 Å². The van der Waals surface area contributed by atoms with Crippen molar-refractivity contribution in [2.75, 3.05) is 38.3 Å². The maximum atomic E-state index is 16.3. The fourth-order valence-electron chi connectivity index (χ4n) is 8.20. The third-order valence-electron chi connectivity index (χ3n) is 11.0. The number of carboxylic acid groups (broad SMARTS) is 1. The highest BCUT2D eigenvalue weighted by atomic mass is 19.1. The number of hydrogen-bond donors (Lipinski definition) is 2. The molecule has 5 aromatic rings. The number of methoxy groups -OCH3 is 1. The van der Waals surface area contributed by atoms with Gasteiger partial charge in [0.15, 0.2) is 5.82 Å². The van der Waals surface area contributed by atoms with Crippen molar-refractivity contribution in [2.45, 2.75) is 89.4 Å². The first-order chi connectivity index (χ1) is 30.3. The van der Waals surface area contributed by atoms with Crippen LogP contribution in [-0.4, -0.2) is 99.5 Å². The van der Waals surface area contributed by atoms with Crippen LogP contribution in [0.15, 0.2) is 60.8 Å². The predicted molar refractivity (Wildman–Crippen MR) is 234 cm³/mol. The van der Waals surface area contributed by atoms with E-state index < -0.39 is 22.2 Å². The van der Waals surface area contributed by atoms with Gasteiger partial charge in [0, 0.05) is 48.4 Å². The maximum absolute atomic E-state index is 16.3. The van der Waals surface area contributed by atoms with Gasteiger partial charge in [0.1, 0.15) is 40.8 Å². The molecule has 3 fully saturated rings. The van der Waals surface area contributed by atoms with Gasteiger partial charge in [-0.15, -0.1) is 6.42 Å². The number of nitro benzene ring substituents is 1. The van der Waals surface area contributed by atoms with Gasteiger partial charge in [-0.25, -0.2) is 13.6 Å². The molecule has 2 bridgehead atoms. The zero-order valence-corrected chi connectivity index (χ0v) is 35.7. The van der Waals surface area contributed by atoms with Crippen LogP contribution in [0.2, 0.25) is 0 Å². The van der Waals surface area contributed by atoms with Crippen molar-refractivity contribution in [3.63, 3.8) is 0 Å². The summed E-state index contributed by atoms with van der Waals surface area (Å²) in [4.78, 5) is 48.7. The fraction of sp³-hybridized carbons (Fsp3) is 0.413. The molecule has 3 saturated heterocycles. The number of halogens is 2. The third kappa shape index (κ3) is 10.9. The molecule has 3 aliphatic rings. The largest absolute Gasteiger partial charge is 0.492 e. The average molecular weight is 868 g/mol. The highest BCUT2D eigenvalue weighted by Crippen LogP contribution is 2.39. The van der Waals surface area contributed by atoms with E-state index in [1.54, 1.807) is 36.4 Å². The Morgan fingerprint density at radius 2 is 1.73 bits per heavy atom. The molecule has 17 heteroatoms. The minimum Gasteiger partial charge on any atom is -0.492 e. The topological polar surface area (TPSA) is 182 Å². The Balaban J connectivity index is 0.000000251. The van der Waals surface area contributed by atoms with Crippen LogP contribution >= 0.6 is 0 Å². The van der Waals surface area contributed by atoms with E-state index in [1.165, 1.54) is 57.2 Å². The number of piperazine rings is 1. The van der Waals surface area contributed by atoms with E-state index in [0.717, 1.165) is 25.8 Å². The number of non-ortho nitro benzene ring substituents is 1. The molecule has 63 heavy (non-hydrogen) atoms. The highest BCUT2D eigenvalue weighted by molar-refractivity contribution is 6.02. The Bertz CT molecular complexity index is 2460. The summed E-state index contributed by atoms with van der Waals surface area (Å²) in [7, 11) is 1.42. The fourth-order valence-corrected chi connectivity index (χ4v) is 8.20. The number of aromatic nitrogens is 3. The molecule has 0 radical (unpaired) electrons. The van der Waals surface area contributed by atoms with Crippen LogP contribution in [0.3, 0.4) is 0 Å². The van der Waals surface area contributed by atoms with Gasteiger partial charge in [-0.1, -0.05) is 49.4 Å². The number of pyridine rings is 1. The zero-order valence-electron chi connectivity index (χ0n) is 35.7. The molecule has 0 saturated carbocycles. The van der Waals surface area contributed by atoms with Crippen LogP contribution in [0.4, 0.5) is 25.1 Å². The van der Waals surface area contributed by atoms with E-state index in [2.05, 4.69) is 26.2 Å². The molecule has 3 aliphatic heterocycles. The Morgan fingerprint density at radius 1 is 1.03 bits per heavy atom. The first-order valence-corrected chi connectivity index (χ1v) is 20.8. The van der Waals surface area contributed by atoms with Gasteiger partial charge in [0.25, 0.3) is 12.2 Å². The lowest BCUT2D eigenvalue weighted by atomic mass is 9.96. The van der Waals surface area contributed by atoms with Gasteiger partial charge >= 0.3 is 12.1 Å². The van der Waals surface area contributed by atoms with Gasteiger partial charge in [-0.3, -0.25) is 24.8 Å². The van der Waals surface area contributed by atoms with Crippen molar-refractivity contribution in [1.29, 1.82) is 0 Å². The number of nitro groups is 1. The van der Waals surface area contributed by atoms with Gasteiger partial charge in [0.2, 0.25) is 0 Å². The summed E-state index contributed by atoms with van der Waals surface area (Å²) in [5, 5.41) is 22.4. The lowest BCUT2D eigenvalue weighted by Gasteiger charge is -2.42. The molecule has 332 valence electrons. The van der Waals surface area contributed by atoms with Crippen LogP contribution in [0.25, 0.3) is 32.9 Å². The summed E-state index contributed by atoms with van der Waals surface area (Å²) >= 11 is 0. The molecule has 3 aromatic carbocycles. The smallest absolute Gasteiger partial charge is 0.410 e. The Labute approximate surface area is 363 Å². The van der Waals surface area contributed by atoms with Crippen LogP contribution in [0, 0.1) is 34.1 Å². The second-order valence-corrected chi connectivity index (χ2v) is 16.4. The number of fused-ring (bicyclic) bond motifs is 4. The number of benzene rings is 3. The molecule has 3 unspecified atom stereocenters. The van der Waals surface area contributed by atoms with Crippen molar-refractivity contribution < 1.29 is 42.6 Å². The molecule has 2 aromatic heterocycles. The molecule has 0 spiro atoms. The Morgan fingerprint density at radius 3 is 2.38 bits per heavy atom. The van der Waals surface area contributed by atoms with Crippen molar-refractivity contribution in [2.24, 2.45) is 0 Å². The number of nitrogens with zero attached hydrogens (tertiary/aromatic N) is 6. The predicted octanol–water partition coefficient (Wildman–Crippen LogP) is 8.30. The Hall–Kier alpha value is -6.67. The van der Waals surface area contributed by atoms with Gasteiger partial charge < -0.3 is 29.5 Å². The monoisotopic (exact) mass is 867 g/mol. The summed E-state index contributed by atoms with van der Waals surface area (Å²) in [6.07, 6.45) is 14.7. The summed E-state index contributed by atoms with van der Waals surface area (Å²) in [5.41, 5.74) is -0.0875. The number of hydrogen-bond acceptors (Lipinski definition) is 12.